The van der Waals surface area contributed by atoms with Gasteiger partial charge in [0.1, 0.15) is 10.5 Å². The Balaban J connectivity index is 1.21. The number of H-pyrrole nitrogens is 1. The highest BCUT2D eigenvalue weighted by atomic mass is 32.1. The van der Waals surface area contributed by atoms with Gasteiger partial charge in [-0.1, -0.05) is 0 Å². The van der Waals surface area contributed by atoms with Crippen LogP contribution >= 0.6 is 11.3 Å². The van der Waals surface area contributed by atoms with Crippen LogP contribution in [-0.4, -0.2) is 33.9 Å². The summed E-state index contributed by atoms with van der Waals surface area (Å²) in [4.78, 5) is 23.2. The van der Waals surface area contributed by atoms with Gasteiger partial charge in [0.2, 0.25) is 0 Å². The second-order valence-electron chi connectivity index (χ2n) is 7.62. The van der Waals surface area contributed by atoms with Gasteiger partial charge in [0, 0.05) is 55.1 Å². The van der Waals surface area contributed by atoms with E-state index in [2.05, 4.69) is 25.5 Å². The summed E-state index contributed by atoms with van der Waals surface area (Å²) in [6.07, 6.45) is 10.4. The highest BCUT2D eigenvalue weighted by Gasteiger charge is 2.15. The Labute approximate surface area is 194 Å². The van der Waals surface area contributed by atoms with Gasteiger partial charge < -0.3 is 24.5 Å². The summed E-state index contributed by atoms with van der Waals surface area (Å²) < 4.78 is 10.4. The van der Waals surface area contributed by atoms with Crippen LogP contribution in [0.25, 0.3) is 11.0 Å². The standard InChI is InChI=1S/C24H23N5O3S/c30-24(22-21(5-12-33-22)28-20-2-7-26-23-19(20)1-6-25-23)27-8-9-29(13-17-3-10-31-15-17)14-18-4-11-32-16-18/h1-7,10-12,15-16H,8-9,13-14H2,(H,27,30)(H2,25,26,28). The van der Waals surface area contributed by atoms with E-state index in [9.17, 15) is 4.79 Å². The number of hydrogen-bond acceptors (Lipinski definition) is 7. The number of fused-ring (bicyclic) bond motifs is 1. The molecule has 0 spiro atoms. The van der Waals surface area contributed by atoms with Gasteiger partial charge in [0.25, 0.3) is 5.91 Å². The molecule has 5 rings (SSSR count). The Kier molecular flexibility index (Phi) is 6.23. The quantitative estimate of drug-likeness (QED) is 0.271. The predicted octanol–water partition coefficient (Wildman–Crippen LogP) is 4.99. The summed E-state index contributed by atoms with van der Waals surface area (Å²) in [7, 11) is 0. The van der Waals surface area contributed by atoms with Crippen molar-refractivity contribution in [2.24, 2.45) is 0 Å². The minimum absolute atomic E-state index is 0.0987. The fourth-order valence-electron chi connectivity index (χ4n) is 3.70. The molecule has 5 aromatic heterocycles. The molecule has 0 saturated carbocycles. The smallest absolute Gasteiger partial charge is 0.263 e. The van der Waals surface area contributed by atoms with E-state index >= 15 is 0 Å². The maximum Gasteiger partial charge on any atom is 0.263 e. The van der Waals surface area contributed by atoms with Crippen LogP contribution in [0.5, 0.6) is 0 Å². The highest BCUT2D eigenvalue weighted by Crippen LogP contribution is 2.29. The van der Waals surface area contributed by atoms with E-state index in [0.717, 1.165) is 46.6 Å². The number of hydrogen-bond donors (Lipinski definition) is 3. The van der Waals surface area contributed by atoms with Crippen molar-refractivity contribution < 1.29 is 13.6 Å². The monoisotopic (exact) mass is 461 g/mol. The van der Waals surface area contributed by atoms with Crippen molar-refractivity contribution in [2.45, 2.75) is 13.1 Å². The van der Waals surface area contributed by atoms with E-state index in [-0.39, 0.29) is 5.91 Å². The van der Waals surface area contributed by atoms with Gasteiger partial charge >= 0.3 is 0 Å². The summed E-state index contributed by atoms with van der Waals surface area (Å²) in [6, 6.07) is 9.68. The molecule has 33 heavy (non-hydrogen) atoms. The molecule has 9 heteroatoms. The van der Waals surface area contributed by atoms with Crippen LogP contribution in [-0.2, 0) is 13.1 Å². The number of amides is 1. The topological polar surface area (TPSA) is 99.3 Å². The molecule has 0 atom stereocenters. The van der Waals surface area contributed by atoms with Crippen LogP contribution in [0, 0.1) is 0 Å². The van der Waals surface area contributed by atoms with Crippen molar-refractivity contribution in [3.05, 3.63) is 89.2 Å². The first kappa shape index (κ1) is 21.0. The molecule has 5 heterocycles. The molecular formula is C24H23N5O3S. The lowest BCUT2D eigenvalue weighted by Crippen LogP contribution is -2.34. The van der Waals surface area contributed by atoms with Crippen LogP contribution in [0.2, 0.25) is 0 Å². The fraction of sp³-hybridized carbons (Fsp3) is 0.167. The van der Waals surface area contributed by atoms with Gasteiger partial charge in [-0.25, -0.2) is 4.98 Å². The molecule has 0 aliphatic heterocycles. The first-order chi connectivity index (χ1) is 16.3. The highest BCUT2D eigenvalue weighted by molar-refractivity contribution is 7.12. The molecule has 0 fully saturated rings. The number of aromatic nitrogens is 2. The molecule has 0 unspecified atom stereocenters. The van der Waals surface area contributed by atoms with E-state index in [0.29, 0.717) is 18.0 Å². The number of nitrogens with one attached hydrogen (secondary N) is 3. The number of pyridine rings is 1. The first-order valence-corrected chi connectivity index (χ1v) is 11.4. The zero-order valence-electron chi connectivity index (χ0n) is 17.8. The second-order valence-corrected chi connectivity index (χ2v) is 8.53. The Morgan fingerprint density at radius 2 is 1.82 bits per heavy atom. The summed E-state index contributed by atoms with van der Waals surface area (Å²) in [5.74, 6) is -0.0987. The third-order valence-corrected chi connectivity index (χ3v) is 6.20. The summed E-state index contributed by atoms with van der Waals surface area (Å²) >= 11 is 1.41. The van der Waals surface area contributed by atoms with Crippen molar-refractivity contribution >= 4 is 39.7 Å². The molecule has 0 saturated heterocycles. The molecule has 168 valence electrons. The van der Waals surface area contributed by atoms with E-state index in [1.54, 1.807) is 31.2 Å². The third-order valence-electron chi connectivity index (χ3n) is 5.29. The number of aromatic amines is 1. The van der Waals surface area contributed by atoms with Crippen LogP contribution in [0.3, 0.4) is 0 Å². The average molecular weight is 462 g/mol. The molecule has 3 N–H and O–H groups in total. The zero-order chi connectivity index (χ0) is 22.5. The number of anilines is 2. The largest absolute Gasteiger partial charge is 0.472 e. The van der Waals surface area contributed by atoms with Gasteiger partial charge in [-0.2, -0.15) is 0 Å². The molecule has 0 aliphatic carbocycles. The Hall–Kier alpha value is -3.82. The SMILES string of the molecule is O=C(NCCN(Cc1ccoc1)Cc1ccoc1)c1sccc1Nc1ccnc2[nH]ccc12. The molecule has 5 aromatic rings. The van der Waals surface area contributed by atoms with Crippen LogP contribution < -0.4 is 10.6 Å². The normalized spacial score (nSPS) is 11.3. The van der Waals surface area contributed by atoms with Crippen LogP contribution in [0.15, 0.2) is 82.0 Å². The molecule has 0 radical (unpaired) electrons. The van der Waals surface area contributed by atoms with E-state index in [1.807, 2.05) is 41.9 Å². The Morgan fingerprint density at radius 1 is 1.03 bits per heavy atom. The van der Waals surface area contributed by atoms with E-state index < -0.39 is 0 Å². The minimum Gasteiger partial charge on any atom is -0.472 e. The summed E-state index contributed by atoms with van der Waals surface area (Å²) in [5, 5.41) is 9.33. The van der Waals surface area contributed by atoms with Gasteiger partial charge in [-0.3, -0.25) is 9.69 Å². The molecule has 0 bridgehead atoms. The lowest BCUT2D eigenvalue weighted by Gasteiger charge is -2.21. The van der Waals surface area contributed by atoms with Gasteiger partial charge in [0.15, 0.2) is 0 Å². The number of rotatable bonds is 10. The Bertz CT molecular complexity index is 1270. The van der Waals surface area contributed by atoms with Gasteiger partial charge in [-0.15, -0.1) is 11.3 Å². The summed E-state index contributed by atoms with van der Waals surface area (Å²) in [6.45, 7) is 2.64. The second kappa shape index (κ2) is 9.76. The fourth-order valence-corrected chi connectivity index (χ4v) is 4.47. The number of furan rings is 2. The van der Waals surface area contributed by atoms with Crippen molar-refractivity contribution in [3.63, 3.8) is 0 Å². The molecule has 0 aliphatic rings. The minimum atomic E-state index is -0.0987. The number of thiophene rings is 1. The lowest BCUT2D eigenvalue weighted by molar-refractivity contribution is 0.0952. The average Bonchev–Trinajstić information content (AvgIpc) is 3.61. The van der Waals surface area contributed by atoms with Crippen molar-refractivity contribution in [1.82, 2.24) is 20.2 Å². The Morgan fingerprint density at radius 3 is 2.55 bits per heavy atom. The van der Waals surface area contributed by atoms with Gasteiger partial charge in [-0.05, 0) is 35.7 Å². The maximum absolute atomic E-state index is 12.9. The first-order valence-electron chi connectivity index (χ1n) is 10.6. The van der Waals surface area contributed by atoms with E-state index in [1.165, 1.54) is 11.3 Å². The van der Waals surface area contributed by atoms with Crippen molar-refractivity contribution in [3.8, 4) is 0 Å². The lowest BCUT2D eigenvalue weighted by atomic mass is 10.2. The maximum atomic E-state index is 12.9. The summed E-state index contributed by atoms with van der Waals surface area (Å²) in [5.41, 5.74) is 4.66. The van der Waals surface area contributed by atoms with E-state index in [4.69, 9.17) is 8.83 Å². The van der Waals surface area contributed by atoms with Crippen LogP contribution in [0.1, 0.15) is 20.8 Å². The number of nitrogens with zero attached hydrogens (tertiary/aromatic N) is 2. The number of carbonyl (C=O) groups is 1. The predicted molar refractivity (Wildman–Crippen MR) is 128 cm³/mol. The third kappa shape index (κ3) is 5.00. The van der Waals surface area contributed by atoms with Crippen molar-refractivity contribution in [2.75, 3.05) is 18.4 Å². The van der Waals surface area contributed by atoms with Crippen LogP contribution in [0.4, 0.5) is 11.4 Å². The molecule has 1 amide bonds. The number of carbonyl (C=O) groups excluding carboxylic acids is 1. The van der Waals surface area contributed by atoms with Crippen molar-refractivity contribution in [1.29, 1.82) is 0 Å². The van der Waals surface area contributed by atoms with Gasteiger partial charge in [0.05, 0.1) is 36.4 Å². The zero-order valence-corrected chi connectivity index (χ0v) is 18.6. The molecule has 0 aromatic carbocycles. The molecular weight excluding hydrogens is 438 g/mol. The molecule has 8 nitrogen and oxygen atoms in total.